The number of nitrogens with zero attached hydrogens (tertiary/aromatic N) is 1. The van der Waals surface area contributed by atoms with Crippen molar-refractivity contribution in [1.29, 1.82) is 5.26 Å². The molecule has 0 aromatic heterocycles. The van der Waals surface area contributed by atoms with E-state index in [4.69, 9.17) is 47.4 Å². The third-order valence-electron chi connectivity index (χ3n) is 8.17. The molecule has 0 fully saturated rings. The minimum absolute atomic E-state index is 0.163. The van der Waals surface area contributed by atoms with E-state index in [1.165, 1.54) is 32.4 Å². The number of benzene rings is 4. The van der Waals surface area contributed by atoms with E-state index in [1.807, 2.05) is 6.07 Å². The van der Waals surface area contributed by atoms with E-state index in [2.05, 4.69) is 37.2 Å². The van der Waals surface area contributed by atoms with Gasteiger partial charge in [-0.2, -0.15) is 5.26 Å². The molecule has 4 amide bonds. The van der Waals surface area contributed by atoms with E-state index >= 15 is 0 Å². The minimum Gasteiger partial charge on any atom is -0.467 e. The number of hydrogen-bond donors (Lipinski definition) is 4. The van der Waals surface area contributed by atoms with Crippen LogP contribution in [0.3, 0.4) is 0 Å². The largest absolute Gasteiger partial charge is 0.467 e. The van der Waals surface area contributed by atoms with Gasteiger partial charge < -0.3 is 40.2 Å². The fourth-order valence-electron chi connectivity index (χ4n) is 5.33. The number of amides is 4. The molecule has 334 valence electrons. The van der Waals surface area contributed by atoms with Crippen LogP contribution in [0.1, 0.15) is 78.9 Å². The molecule has 0 spiro atoms. The number of nitriles is 1. The van der Waals surface area contributed by atoms with Crippen molar-refractivity contribution in [1.82, 2.24) is 10.6 Å². The maximum atomic E-state index is 12.5. The van der Waals surface area contributed by atoms with E-state index in [0.717, 1.165) is 15.6 Å². The number of carbonyl (C=O) groups excluding carboxylic acids is 6. The number of alkyl carbamates (subject to hydrolysis) is 2. The lowest BCUT2D eigenvalue weighted by Crippen LogP contribution is -2.45. The van der Waals surface area contributed by atoms with Crippen LogP contribution in [-0.2, 0) is 41.4 Å². The molecule has 2 unspecified atom stereocenters. The summed E-state index contributed by atoms with van der Waals surface area (Å²) in [6.07, 6.45) is -1.08. The van der Waals surface area contributed by atoms with Gasteiger partial charge in [-0.3, -0.25) is 9.59 Å². The first-order valence-electron chi connectivity index (χ1n) is 19.1. The quantitative estimate of drug-likeness (QED) is 0.0777. The summed E-state index contributed by atoms with van der Waals surface area (Å²) in [5.41, 5.74) is 1.97. The van der Waals surface area contributed by atoms with Crippen molar-refractivity contribution >= 4 is 86.4 Å². The summed E-state index contributed by atoms with van der Waals surface area (Å²) in [7, 11) is 2.48. The molecule has 0 aliphatic carbocycles. The van der Waals surface area contributed by atoms with Crippen LogP contribution < -0.4 is 21.3 Å². The number of esters is 2. The molecule has 0 aliphatic rings. The third-order valence-corrected chi connectivity index (χ3v) is 9.32. The molecule has 2 atom stereocenters. The van der Waals surface area contributed by atoms with Gasteiger partial charge in [0, 0.05) is 28.7 Å². The van der Waals surface area contributed by atoms with E-state index in [1.54, 1.807) is 108 Å². The summed E-state index contributed by atoms with van der Waals surface area (Å²) >= 11 is 15.5. The van der Waals surface area contributed by atoms with Crippen LogP contribution in [0.2, 0.25) is 10.0 Å². The van der Waals surface area contributed by atoms with Gasteiger partial charge in [0.15, 0.2) is 0 Å². The lowest BCUT2D eigenvalue weighted by Gasteiger charge is -2.22. The van der Waals surface area contributed by atoms with Gasteiger partial charge in [-0.1, -0.05) is 63.4 Å². The highest BCUT2D eigenvalue weighted by atomic mass is 79.9. The zero-order valence-electron chi connectivity index (χ0n) is 35.8. The Morgan fingerprint density at radius 3 is 1.37 bits per heavy atom. The molecule has 4 aromatic rings. The topological polar surface area (TPSA) is 211 Å². The first-order valence-corrected chi connectivity index (χ1v) is 20.7. The molecule has 0 radical (unpaired) electrons. The Morgan fingerprint density at radius 2 is 1.00 bits per heavy atom. The second kappa shape index (κ2) is 23.3. The van der Waals surface area contributed by atoms with Crippen LogP contribution >= 0.6 is 39.1 Å². The zero-order chi connectivity index (χ0) is 47.1. The second-order valence-electron chi connectivity index (χ2n) is 15.6. The number of nitrogens with one attached hydrogen (secondary N) is 4. The van der Waals surface area contributed by atoms with E-state index in [-0.39, 0.29) is 29.3 Å². The third kappa shape index (κ3) is 17.6. The van der Waals surface area contributed by atoms with Crippen molar-refractivity contribution in [3.8, 4) is 6.07 Å². The molecule has 4 rings (SSSR count). The fraction of sp³-hybridized carbons (Fsp3) is 0.311. The lowest BCUT2D eigenvalue weighted by atomic mass is 10.1. The smallest absolute Gasteiger partial charge is 0.408 e. The standard InChI is InChI=1S/C23H24ClN3O5.C22H24BrClN2O5/c1-23(2,3)32-22(30)27-19(21(29)31-4)12-14-5-8-16(9-6-14)26-20(28)17-11-15(13-25)7-10-18(17)24;1-22(2,3)31-21(29)26-18(20(28)30-4)11-13-5-8-15(9-6-13)25-19(27)16-12-14(23)7-10-17(16)24/h5-11,19H,12H2,1-4H3,(H,26,28)(H,27,30);5-10,12,18H,11H2,1-4H3,(H,25,27)(H,26,29). The maximum absolute atomic E-state index is 12.5. The van der Waals surface area contributed by atoms with Crippen molar-refractivity contribution in [2.24, 2.45) is 0 Å². The number of ether oxygens (including phenoxy) is 4. The maximum Gasteiger partial charge on any atom is 0.408 e. The van der Waals surface area contributed by atoms with Crippen LogP contribution in [0.4, 0.5) is 21.0 Å². The average molecular weight is 970 g/mol. The zero-order valence-corrected chi connectivity index (χ0v) is 38.9. The summed E-state index contributed by atoms with van der Waals surface area (Å²) in [6.45, 7) is 10.3. The van der Waals surface area contributed by atoms with Crippen LogP contribution in [0.15, 0.2) is 89.4 Å². The van der Waals surface area contributed by atoms with E-state index in [9.17, 15) is 28.8 Å². The van der Waals surface area contributed by atoms with Crippen molar-refractivity contribution < 1.29 is 47.7 Å². The molecule has 63 heavy (non-hydrogen) atoms. The summed E-state index contributed by atoms with van der Waals surface area (Å²) < 4.78 is 20.7. The number of hydrogen-bond acceptors (Lipinski definition) is 11. The minimum atomic E-state index is -0.942. The number of anilines is 2. The van der Waals surface area contributed by atoms with Crippen molar-refractivity contribution in [2.75, 3.05) is 24.9 Å². The molecule has 15 nitrogen and oxygen atoms in total. The van der Waals surface area contributed by atoms with Gasteiger partial charge in [0.2, 0.25) is 0 Å². The van der Waals surface area contributed by atoms with Gasteiger partial charge in [0.05, 0.1) is 47.0 Å². The summed E-state index contributed by atoms with van der Waals surface area (Å²) in [5, 5.41) is 20.1. The molecule has 0 heterocycles. The van der Waals surface area contributed by atoms with Crippen LogP contribution in [-0.4, -0.2) is 73.4 Å². The van der Waals surface area contributed by atoms with Crippen molar-refractivity contribution in [3.63, 3.8) is 0 Å². The van der Waals surface area contributed by atoms with Gasteiger partial charge in [-0.15, -0.1) is 0 Å². The first-order chi connectivity index (χ1) is 29.5. The molecular formula is C45H48BrCl2N5O10. The highest BCUT2D eigenvalue weighted by Gasteiger charge is 2.27. The van der Waals surface area contributed by atoms with Crippen LogP contribution in [0.25, 0.3) is 0 Å². The SMILES string of the molecule is COC(=O)C(Cc1ccc(NC(=O)c2cc(Br)ccc2Cl)cc1)NC(=O)OC(C)(C)C.COC(=O)C(Cc1ccc(NC(=O)c2cc(C#N)ccc2Cl)cc1)NC(=O)OC(C)(C)C. The predicted molar refractivity (Wildman–Crippen MR) is 242 cm³/mol. The number of methoxy groups -OCH3 is 2. The van der Waals surface area contributed by atoms with Crippen LogP contribution in [0, 0.1) is 11.3 Å². The monoisotopic (exact) mass is 967 g/mol. The van der Waals surface area contributed by atoms with Crippen LogP contribution in [0.5, 0.6) is 0 Å². The molecule has 0 bridgehead atoms. The van der Waals surface area contributed by atoms with Crippen molar-refractivity contribution in [2.45, 2.75) is 77.7 Å². The summed E-state index contributed by atoms with van der Waals surface area (Å²) in [5.74, 6) is -2.01. The van der Waals surface area contributed by atoms with Gasteiger partial charge >= 0.3 is 24.1 Å². The molecular weight excluding hydrogens is 921 g/mol. The molecule has 18 heteroatoms. The molecule has 4 aromatic carbocycles. The Morgan fingerprint density at radius 1 is 0.619 bits per heavy atom. The second-order valence-corrected chi connectivity index (χ2v) is 17.3. The fourth-order valence-corrected chi connectivity index (χ4v) is 6.10. The van der Waals surface area contributed by atoms with E-state index in [0.29, 0.717) is 27.5 Å². The first kappa shape index (κ1) is 51.2. The number of carbonyl (C=O) groups is 6. The Labute approximate surface area is 384 Å². The molecule has 4 N–H and O–H groups in total. The van der Waals surface area contributed by atoms with Crippen molar-refractivity contribution in [3.05, 3.63) is 127 Å². The van der Waals surface area contributed by atoms with Gasteiger partial charge in [-0.05, 0) is 113 Å². The average Bonchev–Trinajstić information content (AvgIpc) is 3.21. The Hall–Kier alpha value is -6.15. The molecule has 0 saturated carbocycles. The summed E-state index contributed by atoms with van der Waals surface area (Å²) in [4.78, 5) is 73.2. The Balaban J connectivity index is 0.000000335. The van der Waals surface area contributed by atoms with Gasteiger partial charge in [-0.25, -0.2) is 19.2 Å². The summed E-state index contributed by atoms with van der Waals surface area (Å²) in [6, 6.07) is 23.1. The number of halogens is 3. The molecule has 0 saturated heterocycles. The van der Waals surface area contributed by atoms with Gasteiger partial charge in [0.25, 0.3) is 11.8 Å². The van der Waals surface area contributed by atoms with E-state index < -0.39 is 53.3 Å². The highest BCUT2D eigenvalue weighted by molar-refractivity contribution is 9.10. The normalized spacial score (nSPS) is 11.8. The highest BCUT2D eigenvalue weighted by Crippen LogP contribution is 2.23. The Kier molecular flexibility index (Phi) is 19.0. The van der Waals surface area contributed by atoms with Gasteiger partial charge in [0.1, 0.15) is 23.3 Å². The lowest BCUT2D eigenvalue weighted by molar-refractivity contribution is -0.143. The predicted octanol–water partition coefficient (Wildman–Crippen LogP) is 9.04. The number of rotatable bonds is 12. The molecule has 0 aliphatic heterocycles. The Bertz CT molecular complexity index is 2320.